The Morgan fingerprint density at radius 1 is 0.410 bits per heavy atom. The van der Waals surface area contributed by atoms with Gasteiger partial charge in [0.2, 0.25) is 0 Å². The molecule has 1 atom stereocenters. The predicted molar refractivity (Wildman–Crippen MR) is 263 cm³/mol. The Morgan fingerprint density at radius 3 is 1.46 bits per heavy atom. The van der Waals surface area contributed by atoms with Gasteiger partial charge in [-0.15, -0.1) is 9.24 Å². The highest BCUT2D eigenvalue weighted by atomic mass is 31.0. The number of benzene rings is 8. The van der Waals surface area contributed by atoms with Crippen LogP contribution in [0.3, 0.4) is 0 Å². The average molecular weight is 813 g/mol. The number of methoxy groups -OCH3 is 1. The third-order valence-corrected chi connectivity index (χ3v) is 10.2. The Hall–Kier alpha value is -7.39. The van der Waals surface area contributed by atoms with Gasteiger partial charge in [-0.2, -0.15) is 0 Å². The summed E-state index contributed by atoms with van der Waals surface area (Å²) in [7, 11) is 4.49. The summed E-state index contributed by atoms with van der Waals surface area (Å²) < 4.78 is 12.1. The van der Waals surface area contributed by atoms with Crippen molar-refractivity contribution in [1.29, 1.82) is 0 Å². The Kier molecular flexibility index (Phi) is 14.4. The van der Waals surface area contributed by atoms with Crippen LogP contribution >= 0.6 is 9.24 Å². The minimum absolute atomic E-state index is 0.741. The summed E-state index contributed by atoms with van der Waals surface area (Å²) in [4.78, 5) is 4.53. The number of nitrogens with zero attached hydrogens (tertiary/aromatic N) is 2. The molecule has 0 aliphatic heterocycles. The van der Waals surface area contributed by atoms with Gasteiger partial charge in [0.25, 0.3) is 0 Å². The average Bonchev–Trinajstić information content (AvgIpc) is 3.31. The second kappa shape index (κ2) is 21.0. The zero-order chi connectivity index (χ0) is 42.2. The lowest BCUT2D eigenvalue weighted by Crippen LogP contribution is -2.11. The van der Waals surface area contributed by atoms with E-state index in [9.17, 15) is 0 Å². The quantitative estimate of drug-likeness (QED) is 0.0855. The summed E-state index contributed by atoms with van der Waals surface area (Å²) in [6.07, 6.45) is 9.51. The van der Waals surface area contributed by atoms with E-state index in [1.165, 1.54) is 0 Å². The summed E-state index contributed by atoms with van der Waals surface area (Å²) in [5, 5.41) is 1.13. The minimum Gasteiger partial charge on any atom is -0.497 e. The Balaban J connectivity index is 0.000000739. The second-order valence-electron chi connectivity index (χ2n) is 14.0. The molecule has 61 heavy (non-hydrogen) atoms. The molecule has 0 N–H and O–H groups in total. The van der Waals surface area contributed by atoms with Crippen LogP contribution in [0.4, 0.5) is 34.1 Å². The van der Waals surface area contributed by atoms with Crippen molar-refractivity contribution < 1.29 is 9.47 Å². The molecule has 300 valence electrons. The number of hydrogen-bond donors (Lipinski definition) is 0. The molecule has 0 aliphatic rings. The molecule has 0 saturated heterocycles. The summed E-state index contributed by atoms with van der Waals surface area (Å²) >= 11 is 0. The normalized spacial score (nSPS) is 10.8. The molecular formula is C56H49N2O2P. The van der Waals surface area contributed by atoms with Gasteiger partial charge in [0.1, 0.15) is 17.2 Å². The van der Waals surface area contributed by atoms with Crippen molar-refractivity contribution in [1.82, 2.24) is 0 Å². The second-order valence-corrected chi connectivity index (χ2v) is 14.7. The summed E-state index contributed by atoms with van der Waals surface area (Å²) in [5.74, 6) is 2.33. The van der Waals surface area contributed by atoms with E-state index < -0.39 is 0 Å². The molecule has 0 bridgehead atoms. The van der Waals surface area contributed by atoms with Crippen molar-refractivity contribution >= 4 is 48.7 Å². The largest absolute Gasteiger partial charge is 0.497 e. The number of hydrogen-bond acceptors (Lipinski definition) is 4. The van der Waals surface area contributed by atoms with Gasteiger partial charge < -0.3 is 19.3 Å². The highest BCUT2D eigenvalue weighted by Gasteiger charge is 2.17. The maximum atomic E-state index is 6.71. The number of allylic oxidation sites excluding steroid dienone is 5. The zero-order valence-electron chi connectivity index (χ0n) is 34.5. The summed E-state index contributed by atoms with van der Waals surface area (Å²) in [6.45, 7) is 5.49. The topological polar surface area (TPSA) is 24.9 Å². The van der Waals surface area contributed by atoms with Crippen molar-refractivity contribution in [3.8, 4) is 39.5 Å². The lowest BCUT2D eigenvalue weighted by atomic mass is 10.0. The van der Waals surface area contributed by atoms with Gasteiger partial charge >= 0.3 is 0 Å². The number of para-hydroxylation sites is 2. The molecule has 5 heteroatoms. The molecule has 0 radical (unpaired) electrons. The SMILES string of the molecule is C=C/C=C\C=C/C.COc1ccc(-c2ccc(N(c3ccccc3)c3cc(Oc4ccc(N(c5ccccc5)c5cccc(P)c5)cc4)cc(-c4ccccc4)c3)cc2)cc1. The first kappa shape index (κ1) is 41.8. The molecule has 0 saturated carbocycles. The first-order chi connectivity index (χ1) is 30.0. The zero-order valence-corrected chi connectivity index (χ0v) is 35.7. The molecule has 8 aromatic carbocycles. The number of anilines is 6. The molecular weight excluding hydrogens is 764 g/mol. The van der Waals surface area contributed by atoms with Crippen molar-refractivity contribution in [2.24, 2.45) is 0 Å². The van der Waals surface area contributed by atoms with Gasteiger partial charge in [0, 0.05) is 34.5 Å². The van der Waals surface area contributed by atoms with E-state index in [0.29, 0.717) is 0 Å². The predicted octanol–water partition coefficient (Wildman–Crippen LogP) is 15.6. The van der Waals surface area contributed by atoms with E-state index in [-0.39, 0.29) is 0 Å². The number of rotatable bonds is 13. The molecule has 1 unspecified atom stereocenters. The van der Waals surface area contributed by atoms with Gasteiger partial charge in [-0.25, -0.2) is 0 Å². The van der Waals surface area contributed by atoms with E-state index in [4.69, 9.17) is 9.47 Å². The molecule has 0 aromatic heterocycles. The highest BCUT2D eigenvalue weighted by molar-refractivity contribution is 7.27. The molecule has 0 spiro atoms. The van der Waals surface area contributed by atoms with E-state index in [0.717, 1.165) is 78.9 Å². The van der Waals surface area contributed by atoms with Gasteiger partial charge in [-0.05, 0) is 132 Å². The van der Waals surface area contributed by atoms with Crippen LogP contribution in [-0.4, -0.2) is 7.11 Å². The maximum absolute atomic E-state index is 6.71. The molecule has 0 amide bonds. The van der Waals surface area contributed by atoms with Crippen LogP contribution in [0.5, 0.6) is 17.2 Å². The summed E-state index contributed by atoms with van der Waals surface area (Å²) in [5.41, 5.74) is 10.7. The third kappa shape index (κ3) is 11.0. The smallest absolute Gasteiger partial charge is 0.130 e. The van der Waals surface area contributed by atoms with E-state index in [1.54, 1.807) is 13.2 Å². The van der Waals surface area contributed by atoms with Crippen LogP contribution in [0.1, 0.15) is 6.92 Å². The van der Waals surface area contributed by atoms with Crippen molar-refractivity contribution in [2.75, 3.05) is 16.9 Å². The maximum Gasteiger partial charge on any atom is 0.130 e. The molecule has 8 rings (SSSR count). The first-order valence-corrected chi connectivity index (χ1v) is 20.8. The lowest BCUT2D eigenvalue weighted by Gasteiger charge is -2.27. The Morgan fingerprint density at radius 2 is 0.902 bits per heavy atom. The van der Waals surface area contributed by atoms with Crippen LogP contribution in [0.2, 0.25) is 0 Å². The fraction of sp³-hybridized carbons (Fsp3) is 0.0357. The molecule has 0 fully saturated rings. The van der Waals surface area contributed by atoms with Crippen molar-refractivity contribution in [3.05, 3.63) is 243 Å². The van der Waals surface area contributed by atoms with Crippen LogP contribution in [0.25, 0.3) is 22.3 Å². The van der Waals surface area contributed by atoms with Crippen LogP contribution in [-0.2, 0) is 0 Å². The number of ether oxygens (including phenoxy) is 2. The van der Waals surface area contributed by atoms with Crippen LogP contribution < -0.4 is 24.6 Å². The highest BCUT2D eigenvalue weighted by Crippen LogP contribution is 2.41. The minimum atomic E-state index is 0.741. The van der Waals surface area contributed by atoms with E-state index >= 15 is 0 Å². The Labute approximate surface area is 363 Å². The third-order valence-electron chi connectivity index (χ3n) is 9.84. The monoisotopic (exact) mass is 812 g/mol. The van der Waals surface area contributed by atoms with Crippen molar-refractivity contribution in [2.45, 2.75) is 6.92 Å². The fourth-order valence-corrected chi connectivity index (χ4v) is 7.20. The molecule has 0 aliphatic carbocycles. The Bertz CT molecular complexity index is 2660. The molecule has 4 nitrogen and oxygen atoms in total. The van der Waals surface area contributed by atoms with Gasteiger partial charge in [-0.1, -0.05) is 140 Å². The van der Waals surface area contributed by atoms with E-state index in [2.05, 4.69) is 189 Å². The fourth-order valence-electron chi connectivity index (χ4n) is 6.92. The standard InChI is InChI=1S/C49H39N2O2P.C7H10/c1-52-46-28-22-38(23-29-46)37-20-24-42(25-21-37)51(41-16-9-4-10-17-41)45-32-39(36-12-5-2-6-13-36)33-48(34-45)53-47-30-26-43(27-31-47)50(40-14-7-3-8-15-40)44-18-11-19-49(54)35-44;1-3-5-7-6-4-2/h2-35H,54H2,1H3;3-7H,1H2,2H3/b;6-4-,7-5-. The van der Waals surface area contributed by atoms with Crippen LogP contribution in [0, 0.1) is 0 Å². The van der Waals surface area contributed by atoms with E-state index in [1.807, 2.05) is 73.7 Å². The van der Waals surface area contributed by atoms with Gasteiger partial charge in [0.15, 0.2) is 0 Å². The molecule has 8 aromatic rings. The van der Waals surface area contributed by atoms with Crippen LogP contribution in [0.15, 0.2) is 243 Å². The lowest BCUT2D eigenvalue weighted by molar-refractivity contribution is 0.415. The first-order valence-electron chi connectivity index (χ1n) is 20.2. The summed E-state index contributed by atoms with van der Waals surface area (Å²) in [6, 6.07) is 71.4. The van der Waals surface area contributed by atoms with Gasteiger partial charge in [-0.3, -0.25) is 0 Å². The molecule has 0 heterocycles. The van der Waals surface area contributed by atoms with Gasteiger partial charge in [0.05, 0.1) is 12.8 Å². The van der Waals surface area contributed by atoms with Crippen molar-refractivity contribution in [3.63, 3.8) is 0 Å².